The van der Waals surface area contributed by atoms with Crippen LogP contribution in [-0.2, 0) is 30.3 Å². The van der Waals surface area contributed by atoms with E-state index >= 15 is 0 Å². The van der Waals surface area contributed by atoms with Gasteiger partial charge < -0.3 is 30.1 Å². The number of alkyl carbamates (subject to hydrolysis) is 1. The van der Waals surface area contributed by atoms with Gasteiger partial charge in [-0.05, 0) is 81.8 Å². The van der Waals surface area contributed by atoms with E-state index in [4.69, 9.17) is 15.9 Å². The number of hydrogen-bond acceptors (Lipinski definition) is 7. The molecule has 3 N–H and O–H groups in total. The second kappa shape index (κ2) is 16.4. The molecule has 0 heterocycles. The molecule has 3 amide bonds. The Balaban J connectivity index is 2.67. The summed E-state index contributed by atoms with van der Waals surface area (Å²) in [6.45, 7) is 10.7. The van der Waals surface area contributed by atoms with Gasteiger partial charge in [-0.2, -0.15) is 0 Å². The van der Waals surface area contributed by atoms with E-state index in [9.17, 15) is 24.3 Å². The maximum Gasteiger partial charge on any atom is 0.408 e. The zero-order chi connectivity index (χ0) is 33.0. The number of esters is 1. The molecule has 10 nitrogen and oxygen atoms in total. The number of terminal acetylenes is 1. The van der Waals surface area contributed by atoms with Crippen molar-refractivity contribution >= 4 is 23.9 Å². The number of aromatic hydroxyl groups is 1. The molecule has 2 rings (SSSR count). The van der Waals surface area contributed by atoms with Crippen LogP contribution in [-0.4, -0.2) is 65.2 Å². The minimum Gasteiger partial charge on any atom is -0.508 e. The minimum atomic E-state index is -1.18. The van der Waals surface area contributed by atoms with Crippen LogP contribution in [0.2, 0.25) is 0 Å². The lowest BCUT2D eigenvalue weighted by Gasteiger charge is -2.39. The standard InChI is InChI=1S/C34H45N3O7/c1-9-24-12-16-26(17-13-24)30(31(40)35-21-29(39)43-8)37(23(4)11-10-22(2)3)32(41)28(36-33(42)44-34(5,6)7)20-25-14-18-27(38)19-15-25/h1,12-19,22-23,28,30,38H,10-11,20-21H2,2-8H3,(H,35,40)(H,36,42). The van der Waals surface area contributed by atoms with E-state index in [1.165, 1.54) is 24.1 Å². The van der Waals surface area contributed by atoms with Crippen LogP contribution in [0.25, 0.3) is 0 Å². The van der Waals surface area contributed by atoms with Gasteiger partial charge in [-0.15, -0.1) is 6.42 Å². The van der Waals surface area contributed by atoms with Crippen LogP contribution in [0.3, 0.4) is 0 Å². The van der Waals surface area contributed by atoms with E-state index in [0.717, 1.165) is 6.42 Å². The number of rotatable bonds is 13. The summed E-state index contributed by atoms with van der Waals surface area (Å²) in [7, 11) is 1.21. The summed E-state index contributed by atoms with van der Waals surface area (Å²) in [5.74, 6) is 1.14. The highest BCUT2D eigenvalue weighted by molar-refractivity contribution is 5.93. The van der Waals surface area contributed by atoms with E-state index in [2.05, 4.69) is 30.4 Å². The number of carbonyl (C=O) groups is 4. The molecule has 0 fully saturated rings. The molecule has 0 radical (unpaired) electrons. The van der Waals surface area contributed by atoms with Crippen LogP contribution >= 0.6 is 0 Å². The third-order valence-electron chi connectivity index (χ3n) is 6.81. The normalized spacial score (nSPS) is 13.2. The lowest BCUT2D eigenvalue weighted by Crippen LogP contribution is -2.56. The van der Waals surface area contributed by atoms with Crippen molar-refractivity contribution in [3.05, 3.63) is 65.2 Å². The molecular formula is C34H45N3O7. The second-order valence-electron chi connectivity index (χ2n) is 12.1. The molecule has 0 saturated carbocycles. The maximum atomic E-state index is 14.6. The van der Waals surface area contributed by atoms with Crippen molar-refractivity contribution in [1.82, 2.24) is 15.5 Å². The van der Waals surface area contributed by atoms with Gasteiger partial charge in [-0.25, -0.2) is 4.79 Å². The Labute approximate surface area is 260 Å². The van der Waals surface area contributed by atoms with E-state index in [-0.39, 0.29) is 12.2 Å². The first-order chi connectivity index (χ1) is 20.6. The second-order valence-corrected chi connectivity index (χ2v) is 12.1. The number of amides is 3. The van der Waals surface area contributed by atoms with Gasteiger partial charge in [0.2, 0.25) is 11.8 Å². The van der Waals surface area contributed by atoms with Crippen LogP contribution in [0, 0.1) is 18.3 Å². The summed E-state index contributed by atoms with van der Waals surface area (Å²) in [6.07, 6.45) is 6.14. The minimum absolute atomic E-state index is 0.0539. The Morgan fingerprint density at radius 2 is 1.59 bits per heavy atom. The number of phenols is 1. The number of benzene rings is 2. The van der Waals surface area contributed by atoms with Gasteiger partial charge in [0.1, 0.15) is 30.0 Å². The van der Waals surface area contributed by atoms with Crippen molar-refractivity contribution in [2.75, 3.05) is 13.7 Å². The number of nitrogens with one attached hydrogen (secondary N) is 2. The zero-order valence-electron chi connectivity index (χ0n) is 26.7. The number of carbonyl (C=O) groups excluding carboxylic acids is 4. The van der Waals surface area contributed by atoms with Gasteiger partial charge >= 0.3 is 12.1 Å². The lowest BCUT2D eigenvalue weighted by molar-refractivity contribution is -0.146. The summed E-state index contributed by atoms with van der Waals surface area (Å²) in [6, 6.07) is 10.2. The van der Waals surface area contributed by atoms with Crippen LogP contribution in [0.5, 0.6) is 5.75 Å². The lowest BCUT2D eigenvalue weighted by atomic mass is 9.95. The van der Waals surface area contributed by atoms with Crippen LogP contribution in [0.4, 0.5) is 4.79 Å². The SMILES string of the molecule is C#Cc1ccc(C(C(=O)NCC(=O)OC)N(C(=O)C(Cc2ccc(O)cc2)NC(=O)OC(C)(C)C)C(C)CCC(C)C)cc1. The molecule has 0 aliphatic rings. The molecule has 0 bridgehead atoms. The van der Waals surface area contributed by atoms with Crippen molar-refractivity contribution < 1.29 is 33.8 Å². The average molecular weight is 608 g/mol. The summed E-state index contributed by atoms with van der Waals surface area (Å²) < 4.78 is 10.2. The predicted molar refractivity (Wildman–Crippen MR) is 167 cm³/mol. The van der Waals surface area contributed by atoms with E-state index in [1.54, 1.807) is 57.2 Å². The van der Waals surface area contributed by atoms with Crippen LogP contribution in [0.1, 0.15) is 77.1 Å². The Morgan fingerprint density at radius 1 is 0.977 bits per heavy atom. The molecule has 10 heteroatoms. The molecule has 0 aromatic heterocycles. The van der Waals surface area contributed by atoms with Crippen molar-refractivity contribution in [3.8, 4) is 18.1 Å². The first-order valence-corrected chi connectivity index (χ1v) is 14.7. The van der Waals surface area contributed by atoms with Crippen molar-refractivity contribution in [2.45, 2.75) is 84.5 Å². The van der Waals surface area contributed by atoms with Gasteiger partial charge in [-0.1, -0.05) is 44.0 Å². The Morgan fingerprint density at radius 3 is 2.11 bits per heavy atom. The number of nitrogens with zero attached hydrogens (tertiary/aromatic N) is 1. The van der Waals surface area contributed by atoms with Crippen LogP contribution in [0.15, 0.2) is 48.5 Å². The smallest absolute Gasteiger partial charge is 0.408 e. The Hall–Kier alpha value is -4.52. The van der Waals surface area contributed by atoms with E-state index in [1.807, 2.05) is 6.92 Å². The molecule has 2 aromatic carbocycles. The molecule has 3 unspecified atom stereocenters. The summed E-state index contributed by atoms with van der Waals surface area (Å²) in [5.41, 5.74) is 0.897. The first-order valence-electron chi connectivity index (χ1n) is 14.7. The van der Waals surface area contributed by atoms with Gasteiger partial charge in [0.15, 0.2) is 0 Å². The molecule has 0 aliphatic carbocycles. The Bertz CT molecular complexity index is 1310. The Kier molecular flexibility index (Phi) is 13.3. The third kappa shape index (κ3) is 11.3. The largest absolute Gasteiger partial charge is 0.508 e. The number of methoxy groups -OCH3 is 1. The molecule has 0 spiro atoms. The maximum absolute atomic E-state index is 14.6. The third-order valence-corrected chi connectivity index (χ3v) is 6.81. The summed E-state index contributed by atoms with van der Waals surface area (Å²) in [5, 5.41) is 15.1. The van der Waals surface area contributed by atoms with Crippen LogP contribution < -0.4 is 10.6 Å². The van der Waals surface area contributed by atoms with Crippen molar-refractivity contribution in [3.63, 3.8) is 0 Å². The average Bonchev–Trinajstić information content (AvgIpc) is 2.96. The number of hydrogen-bond donors (Lipinski definition) is 3. The predicted octanol–water partition coefficient (Wildman–Crippen LogP) is 4.49. The fourth-order valence-corrected chi connectivity index (χ4v) is 4.54. The fraction of sp³-hybridized carbons (Fsp3) is 0.471. The van der Waals surface area contributed by atoms with E-state index in [0.29, 0.717) is 29.0 Å². The molecule has 3 atom stereocenters. The topological polar surface area (TPSA) is 134 Å². The molecule has 0 saturated heterocycles. The highest BCUT2D eigenvalue weighted by atomic mass is 16.6. The van der Waals surface area contributed by atoms with Gasteiger partial charge in [0, 0.05) is 18.0 Å². The number of ether oxygens (including phenoxy) is 2. The van der Waals surface area contributed by atoms with Crippen molar-refractivity contribution in [2.24, 2.45) is 5.92 Å². The molecule has 0 aliphatic heterocycles. The zero-order valence-corrected chi connectivity index (χ0v) is 26.7. The molecule has 2 aromatic rings. The monoisotopic (exact) mass is 607 g/mol. The highest BCUT2D eigenvalue weighted by Gasteiger charge is 2.39. The quantitative estimate of drug-likeness (QED) is 0.226. The summed E-state index contributed by atoms with van der Waals surface area (Å²) >= 11 is 0. The fourth-order valence-electron chi connectivity index (χ4n) is 4.54. The molecule has 238 valence electrons. The van der Waals surface area contributed by atoms with Gasteiger partial charge in [0.05, 0.1) is 7.11 Å². The molecular weight excluding hydrogens is 562 g/mol. The van der Waals surface area contributed by atoms with Gasteiger partial charge in [-0.3, -0.25) is 14.4 Å². The van der Waals surface area contributed by atoms with Gasteiger partial charge in [0.25, 0.3) is 0 Å². The van der Waals surface area contributed by atoms with Crippen molar-refractivity contribution in [1.29, 1.82) is 0 Å². The summed E-state index contributed by atoms with van der Waals surface area (Å²) in [4.78, 5) is 54.9. The van der Waals surface area contributed by atoms with E-state index < -0.39 is 54.1 Å². The molecule has 44 heavy (non-hydrogen) atoms. The highest BCUT2D eigenvalue weighted by Crippen LogP contribution is 2.28. The first kappa shape index (κ1) is 35.7. The number of phenolic OH excluding ortho intramolecular Hbond substituents is 1.